The molecule has 0 saturated carbocycles. The van der Waals surface area contributed by atoms with Crippen molar-refractivity contribution in [3.05, 3.63) is 101 Å². The maximum Gasteiger partial charge on any atom is 0.262 e. The van der Waals surface area contributed by atoms with Crippen molar-refractivity contribution in [3.8, 4) is 5.75 Å². The highest BCUT2D eigenvalue weighted by Crippen LogP contribution is 2.17. The number of halogens is 1. The van der Waals surface area contributed by atoms with E-state index in [0.717, 1.165) is 11.1 Å². The van der Waals surface area contributed by atoms with Crippen molar-refractivity contribution >= 4 is 29.6 Å². The highest BCUT2D eigenvalue weighted by molar-refractivity contribution is 6.31. The number of hydrogen-bond acceptors (Lipinski definition) is 4. The fourth-order valence-electron chi connectivity index (χ4n) is 3.08. The van der Waals surface area contributed by atoms with Crippen molar-refractivity contribution in [1.29, 1.82) is 0 Å². The molecule has 33 heavy (non-hydrogen) atoms. The van der Waals surface area contributed by atoms with Crippen LogP contribution in [-0.4, -0.2) is 24.1 Å². The van der Waals surface area contributed by atoms with Crippen molar-refractivity contribution < 1.29 is 14.3 Å². The highest BCUT2D eigenvalue weighted by atomic mass is 35.5. The van der Waals surface area contributed by atoms with Gasteiger partial charge in [-0.25, -0.2) is 5.43 Å². The highest BCUT2D eigenvalue weighted by Gasteiger charge is 2.24. The molecule has 0 aromatic heterocycles. The van der Waals surface area contributed by atoms with E-state index in [-0.39, 0.29) is 11.8 Å². The first-order chi connectivity index (χ1) is 15.9. The SMILES string of the molecule is CC(C)C(NC(=O)c1cccc(Cl)c1)C(=O)NN=Cc1ccccc1OCc1ccccc1. The van der Waals surface area contributed by atoms with Gasteiger partial charge >= 0.3 is 0 Å². The molecule has 0 fully saturated rings. The van der Waals surface area contributed by atoms with E-state index in [1.165, 1.54) is 6.21 Å². The first-order valence-electron chi connectivity index (χ1n) is 10.6. The summed E-state index contributed by atoms with van der Waals surface area (Å²) in [7, 11) is 0. The van der Waals surface area contributed by atoms with E-state index in [2.05, 4.69) is 15.8 Å². The second kappa shape index (κ2) is 11.8. The van der Waals surface area contributed by atoms with E-state index in [1.54, 1.807) is 24.3 Å². The second-order valence-corrected chi connectivity index (χ2v) is 8.19. The van der Waals surface area contributed by atoms with Gasteiger partial charge in [0.25, 0.3) is 11.8 Å². The summed E-state index contributed by atoms with van der Waals surface area (Å²) in [6.07, 6.45) is 1.52. The van der Waals surface area contributed by atoms with Crippen molar-refractivity contribution in [2.45, 2.75) is 26.5 Å². The number of benzene rings is 3. The Kier molecular flexibility index (Phi) is 8.61. The molecule has 0 aliphatic heterocycles. The molecule has 3 aromatic rings. The Balaban J connectivity index is 1.62. The zero-order chi connectivity index (χ0) is 23.6. The number of amides is 2. The predicted octanol–water partition coefficient (Wildman–Crippen LogP) is 4.82. The lowest BCUT2D eigenvalue weighted by atomic mass is 10.0. The van der Waals surface area contributed by atoms with Crippen LogP contribution in [0.1, 0.15) is 35.3 Å². The summed E-state index contributed by atoms with van der Waals surface area (Å²) >= 11 is 5.96. The Labute approximate surface area is 198 Å². The largest absolute Gasteiger partial charge is 0.488 e. The number of para-hydroxylation sites is 1. The van der Waals surface area contributed by atoms with Crippen LogP contribution in [0.4, 0.5) is 0 Å². The molecule has 2 N–H and O–H groups in total. The summed E-state index contributed by atoms with van der Waals surface area (Å²) in [5.74, 6) is -0.298. The number of carbonyl (C=O) groups is 2. The molecule has 7 heteroatoms. The number of nitrogens with one attached hydrogen (secondary N) is 2. The summed E-state index contributed by atoms with van der Waals surface area (Å²) < 4.78 is 5.91. The Hall–Kier alpha value is -3.64. The molecule has 1 unspecified atom stereocenters. The molecule has 0 aliphatic carbocycles. The van der Waals surface area contributed by atoms with Gasteiger partial charge in [-0.05, 0) is 41.8 Å². The van der Waals surface area contributed by atoms with E-state index < -0.39 is 11.9 Å². The first-order valence-corrected chi connectivity index (χ1v) is 11.0. The average Bonchev–Trinajstić information content (AvgIpc) is 2.82. The second-order valence-electron chi connectivity index (χ2n) is 7.75. The molecule has 6 nitrogen and oxygen atoms in total. The number of ether oxygens (including phenoxy) is 1. The number of nitrogens with zero attached hydrogens (tertiary/aromatic N) is 1. The lowest BCUT2D eigenvalue weighted by Crippen LogP contribution is -2.48. The monoisotopic (exact) mass is 463 g/mol. The normalized spacial score (nSPS) is 11.9. The minimum atomic E-state index is -0.766. The van der Waals surface area contributed by atoms with Crippen molar-refractivity contribution in [1.82, 2.24) is 10.7 Å². The molecule has 3 aromatic carbocycles. The van der Waals surface area contributed by atoms with Crippen molar-refractivity contribution in [3.63, 3.8) is 0 Å². The smallest absolute Gasteiger partial charge is 0.262 e. The van der Waals surface area contributed by atoms with Gasteiger partial charge in [0, 0.05) is 16.1 Å². The number of rotatable bonds is 9. The number of carbonyl (C=O) groups excluding carboxylic acids is 2. The van der Waals surface area contributed by atoms with Crippen LogP contribution in [0, 0.1) is 5.92 Å². The molecule has 170 valence electrons. The quantitative estimate of drug-likeness (QED) is 0.352. The number of hydrazone groups is 1. The minimum absolute atomic E-state index is 0.148. The van der Waals surface area contributed by atoms with E-state index >= 15 is 0 Å². The van der Waals surface area contributed by atoms with Gasteiger partial charge in [-0.1, -0.05) is 74.0 Å². The summed E-state index contributed by atoms with van der Waals surface area (Å²) in [5.41, 5.74) is 4.67. The maximum atomic E-state index is 12.7. The van der Waals surface area contributed by atoms with Gasteiger partial charge in [0.05, 0.1) is 6.21 Å². The third kappa shape index (κ3) is 7.19. The van der Waals surface area contributed by atoms with Gasteiger partial charge in [0.15, 0.2) is 0 Å². The van der Waals surface area contributed by atoms with Gasteiger partial charge < -0.3 is 10.1 Å². The molecule has 0 heterocycles. The zero-order valence-corrected chi connectivity index (χ0v) is 19.3. The average molecular weight is 464 g/mol. The zero-order valence-electron chi connectivity index (χ0n) is 18.5. The Morgan fingerprint density at radius 3 is 2.45 bits per heavy atom. The molecular weight excluding hydrogens is 438 g/mol. The molecular formula is C26H26ClN3O3. The maximum absolute atomic E-state index is 12.7. The first kappa shape index (κ1) is 24.0. The molecule has 0 radical (unpaired) electrons. The third-order valence-electron chi connectivity index (χ3n) is 4.86. The lowest BCUT2D eigenvalue weighted by molar-refractivity contribution is -0.123. The summed E-state index contributed by atoms with van der Waals surface area (Å²) in [5, 5.41) is 7.28. The van der Waals surface area contributed by atoms with Crippen LogP contribution in [0.2, 0.25) is 5.02 Å². The van der Waals surface area contributed by atoms with Crippen molar-refractivity contribution in [2.24, 2.45) is 11.0 Å². The summed E-state index contributed by atoms with van der Waals surface area (Å²) in [6, 6.07) is 23.1. The topological polar surface area (TPSA) is 79.8 Å². The van der Waals surface area contributed by atoms with Crippen LogP contribution in [0.5, 0.6) is 5.75 Å². The predicted molar refractivity (Wildman–Crippen MR) is 130 cm³/mol. The van der Waals surface area contributed by atoms with Crippen LogP contribution in [0.25, 0.3) is 0 Å². The summed E-state index contributed by atoms with van der Waals surface area (Å²) in [4.78, 5) is 25.2. The van der Waals surface area contributed by atoms with Gasteiger partial charge in [-0.2, -0.15) is 5.10 Å². The Bertz CT molecular complexity index is 1120. The Morgan fingerprint density at radius 1 is 1.00 bits per heavy atom. The van der Waals surface area contributed by atoms with Gasteiger partial charge in [-0.3, -0.25) is 9.59 Å². The Morgan fingerprint density at radius 2 is 1.73 bits per heavy atom. The van der Waals surface area contributed by atoms with E-state index in [4.69, 9.17) is 16.3 Å². The van der Waals surface area contributed by atoms with E-state index in [0.29, 0.717) is 22.9 Å². The van der Waals surface area contributed by atoms with Crippen LogP contribution in [-0.2, 0) is 11.4 Å². The fraction of sp³-hybridized carbons (Fsp3) is 0.192. The molecule has 0 aliphatic rings. The molecule has 0 saturated heterocycles. The molecule has 2 amide bonds. The van der Waals surface area contributed by atoms with Gasteiger partial charge in [0.2, 0.25) is 0 Å². The summed E-state index contributed by atoms with van der Waals surface area (Å²) in [6.45, 7) is 4.11. The fourth-order valence-corrected chi connectivity index (χ4v) is 3.27. The van der Waals surface area contributed by atoms with Crippen molar-refractivity contribution in [2.75, 3.05) is 0 Å². The van der Waals surface area contributed by atoms with Crippen LogP contribution in [0.3, 0.4) is 0 Å². The molecule has 3 rings (SSSR count). The van der Waals surface area contributed by atoms with Crippen LogP contribution in [0.15, 0.2) is 84.0 Å². The van der Waals surface area contributed by atoms with Crippen LogP contribution < -0.4 is 15.5 Å². The van der Waals surface area contributed by atoms with E-state index in [1.807, 2.05) is 68.4 Å². The molecule has 0 spiro atoms. The molecule has 1 atom stereocenters. The lowest BCUT2D eigenvalue weighted by Gasteiger charge is -2.20. The number of hydrogen-bond donors (Lipinski definition) is 2. The van der Waals surface area contributed by atoms with Crippen LogP contribution >= 0.6 is 11.6 Å². The van der Waals surface area contributed by atoms with Gasteiger partial charge in [0.1, 0.15) is 18.4 Å². The molecule has 0 bridgehead atoms. The third-order valence-corrected chi connectivity index (χ3v) is 5.09. The van der Waals surface area contributed by atoms with E-state index in [9.17, 15) is 9.59 Å². The van der Waals surface area contributed by atoms with Gasteiger partial charge in [-0.15, -0.1) is 0 Å². The minimum Gasteiger partial charge on any atom is -0.488 e. The standard InChI is InChI=1S/C26H26ClN3O3/c1-18(2)24(29-25(31)20-12-8-13-22(27)15-20)26(32)30-28-16-21-11-6-7-14-23(21)33-17-19-9-4-3-5-10-19/h3-16,18,24H,17H2,1-2H3,(H,29,31)(H,30,32).